The summed E-state index contributed by atoms with van der Waals surface area (Å²) in [6.07, 6.45) is 21.7. The van der Waals surface area contributed by atoms with E-state index in [1.165, 1.54) is 193 Å². The van der Waals surface area contributed by atoms with Gasteiger partial charge in [0, 0.05) is 87.7 Å². The normalized spacial score (nSPS) is 12.3. The molecule has 6 heteroatoms. The Hall–Kier alpha value is -16.7. The SMILES string of the molecule is CC(C)(C)c1cc2c3c(ccc4c(-c5ccc(-c6ccccn6)cc5)cc(-c5ccc(-c6ccccn6)cc5)c(c43)CC2)c1.CC(C)(C)c1cc2cc(c1)CCc1cc(c(-c3ccc(-c4ccccn4)cc3)cc1-c1cccc(-n3c4ccccc4c4ccccc43)c1)C=C2.c1ccc(-c2c3ccccc3c(-c3ccc4cc(-c5cncc(-c6ccncc6)c5)ccc4c3)c3ccccc23)cc1. The third-order valence-corrected chi connectivity index (χ3v) is 27.9. The van der Waals surface area contributed by atoms with E-state index in [9.17, 15) is 0 Å². The first-order valence-corrected chi connectivity index (χ1v) is 47.7. The van der Waals surface area contributed by atoms with Gasteiger partial charge in [-0.3, -0.25) is 24.9 Å². The van der Waals surface area contributed by atoms with Gasteiger partial charge in [-0.05, 0) is 316 Å². The van der Waals surface area contributed by atoms with Crippen LogP contribution in [-0.4, -0.2) is 29.5 Å². The number of aromatic nitrogens is 6. The standard InChI is InChI=1S/C49H40N2.C42H34N2.C40H26N2/c1-49(2,3)40-28-33-18-20-38-30-39(21-19-34(27-33)29-40)45(32-44(38)35-22-24-36(25-23-35)46-15-8-9-26-50-46)37-11-10-12-41(31-37)51-47-16-6-4-13-42(47)43-14-5-7-17-48(43)51;1-42(2,3)33-24-31-18-20-34-36(27-10-14-29(15-11-27)38-8-4-6-22-43-38)26-37(35-21-19-32(25-33)40(31)41(34)35)28-12-16-30(17-13-28)39-9-5-7-23-44-39;1-2-8-28(9-3-1)39-35-10-4-6-12-37(35)40(38-13-7-5-11-36(38)39)32-17-16-29-22-31(15-14-30(29)23-32)34-24-33(25-42-26-34)27-18-20-41-21-19-27/h4-18,20,22-32H,19,21H2,1-3H3;4-18,20,22-26H,19,21H2,1-3H3;1-26H. The van der Waals surface area contributed by atoms with Crippen LogP contribution in [-0.2, 0) is 36.5 Å². The Morgan fingerprint density at radius 1 is 0.248 bits per heavy atom. The highest BCUT2D eigenvalue weighted by atomic mass is 15.0. The van der Waals surface area contributed by atoms with Gasteiger partial charge < -0.3 is 4.57 Å². The monoisotopic (exact) mass is 1760 g/mol. The zero-order valence-corrected chi connectivity index (χ0v) is 77.7. The third kappa shape index (κ3) is 16.5. The molecule has 0 fully saturated rings. The van der Waals surface area contributed by atoms with Gasteiger partial charge in [-0.15, -0.1) is 0 Å². The first-order chi connectivity index (χ1) is 67.2. The summed E-state index contributed by atoms with van der Waals surface area (Å²) in [5.41, 5.74) is 40.7. The molecule has 654 valence electrons. The second-order valence-electron chi connectivity index (χ2n) is 38.5. The molecule has 2 aliphatic carbocycles. The summed E-state index contributed by atoms with van der Waals surface area (Å²) < 4.78 is 2.42. The van der Waals surface area contributed by atoms with E-state index in [0.717, 1.165) is 81.7 Å². The average molecular weight is 1760 g/mol. The van der Waals surface area contributed by atoms with Gasteiger partial charge in [0.2, 0.25) is 0 Å². The number of hydrogen-bond acceptors (Lipinski definition) is 5. The fourth-order valence-electron chi connectivity index (χ4n) is 20.9. The van der Waals surface area contributed by atoms with E-state index in [1.807, 2.05) is 91.9 Å². The maximum Gasteiger partial charge on any atom is 0.0701 e. The molecule has 0 saturated heterocycles. The van der Waals surface area contributed by atoms with Crippen LogP contribution in [0.5, 0.6) is 0 Å². The van der Waals surface area contributed by atoms with Crippen molar-refractivity contribution >= 4 is 87.8 Å². The summed E-state index contributed by atoms with van der Waals surface area (Å²) in [5.74, 6) is 0. The van der Waals surface area contributed by atoms with Gasteiger partial charge in [0.15, 0.2) is 0 Å². The first kappa shape index (κ1) is 84.6. The summed E-state index contributed by atoms with van der Waals surface area (Å²) in [4.78, 5) is 22.4. The molecule has 25 rings (SSSR count). The highest BCUT2D eigenvalue weighted by Crippen LogP contribution is 2.50. The molecule has 17 aromatic carbocycles. The Morgan fingerprint density at radius 3 is 1.31 bits per heavy atom. The van der Waals surface area contributed by atoms with E-state index < -0.39 is 0 Å². The lowest BCUT2D eigenvalue weighted by Crippen LogP contribution is -2.13. The summed E-state index contributed by atoms with van der Waals surface area (Å²) in [6, 6.07) is 144. The maximum atomic E-state index is 4.59. The van der Waals surface area contributed by atoms with E-state index in [-0.39, 0.29) is 10.8 Å². The zero-order chi connectivity index (χ0) is 92.2. The Balaban J connectivity index is 0.000000116. The lowest BCUT2D eigenvalue weighted by Gasteiger charge is -2.27. The predicted octanol–water partition coefficient (Wildman–Crippen LogP) is 34.2. The molecule has 0 spiro atoms. The van der Waals surface area contributed by atoms with Crippen molar-refractivity contribution in [2.24, 2.45) is 0 Å². The van der Waals surface area contributed by atoms with E-state index in [1.54, 1.807) is 0 Å². The van der Waals surface area contributed by atoms with Crippen LogP contribution in [0.25, 0.3) is 216 Å². The van der Waals surface area contributed by atoms with Crippen molar-refractivity contribution in [2.45, 2.75) is 78.1 Å². The molecule has 0 amide bonds. The number of para-hydroxylation sites is 2. The number of benzene rings is 17. The van der Waals surface area contributed by atoms with E-state index in [4.69, 9.17) is 0 Å². The van der Waals surface area contributed by atoms with Crippen LogP contribution in [0.3, 0.4) is 0 Å². The second-order valence-corrected chi connectivity index (χ2v) is 38.5. The molecule has 137 heavy (non-hydrogen) atoms. The van der Waals surface area contributed by atoms with E-state index in [2.05, 4.69) is 429 Å². The van der Waals surface area contributed by atoms with Gasteiger partial charge in [0.05, 0.1) is 28.1 Å². The molecule has 0 atom stereocenters. The van der Waals surface area contributed by atoms with Crippen LogP contribution in [0.2, 0.25) is 0 Å². The van der Waals surface area contributed by atoms with Crippen molar-refractivity contribution in [1.29, 1.82) is 0 Å². The molecule has 6 aromatic heterocycles. The second kappa shape index (κ2) is 35.7. The van der Waals surface area contributed by atoms with Crippen LogP contribution >= 0.6 is 0 Å². The minimum absolute atomic E-state index is 0.0793. The van der Waals surface area contributed by atoms with Gasteiger partial charge in [-0.1, -0.05) is 345 Å². The number of pyridine rings is 5. The minimum atomic E-state index is 0.0793. The summed E-state index contributed by atoms with van der Waals surface area (Å²) in [7, 11) is 0. The fraction of sp³-hybridized carbons (Fsp3) is 0.0916. The summed E-state index contributed by atoms with van der Waals surface area (Å²) >= 11 is 0. The molecule has 0 aliphatic heterocycles. The molecule has 0 saturated carbocycles. The molecule has 6 nitrogen and oxygen atoms in total. The van der Waals surface area contributed by atoms with E-state index in [0.29, 0.717) is 0 Å². The van der Waals surface area contributed by atoms with Crippen LogP contribution in [0.4, 0.5) is 0 Å². The van der Waals surface area contributed by atoms with Gasteiger partial charge in [0.25, 0.3) is 0 Å². The number of rotatable bonds is 12. The highest BCUT2D eigenvalue weighted by Gasteiger charge is 2.28. The van der Waals surface area contributed by atoms with Crippen molar-refractivity contribution in [3.05, 3.63) is 482 Å². The van der Waals surface area contributed by atoms with Gasteiger partial charge in [0.1, 0.15) is 0 Å². The number of aryl methyl sites for hydroxylation is 4. The van der Waals surface area contributed by atoms with Crippen LogP contribution in [0.1, 0.15) is 86.1 Å². The van der Waals surface area contributed by atoms with Crippen LogP contribution < -0.4 is 0 Å². The fourth-order valence-corrected chi connectivity index (χ4v) is 20.9. The molecule has 0 unspecified atom stereocenters. The average Bonchev–Trinajstić information content (AvgIpc) is 1.50. The molecule has 4 bridgehead atoms. The van der Waals surface area contributed by atoms with E-state index >= 15 is 0 Å². The molecule has 2 aliphatic rings. The largest absolute Gasteiger partial charge is 0.309 e. The van der Waals surface area contributed by atoms with Gasteiger partial charge >= 0.3 is 0 Å². The number of hydrogen-bond donors (Lipinski definition) is 0. The summed E-state index contributed by atoms with van der Waals surface area (Å²) in [5, 5.41) is 15.6. The highest BCUT2D eigenvalue weighted by molar-refractivity contribution is 6.22. The predicted molar refractivity (Wildman–Crippen MR) is 578 cm³/mol. The molecule has 6 heterocycles. The van der Waals surface area contributed by atoms with Crippen molar-refractivity contribution in [3.63, 3.8) is 0 Å². The number of fused-ring (bicyclic) bond motifs is 10. The number of nitrogens with zero attached hydrogens (tertiary/aromatic N) is 6. The molecule has 0 radical (unpaired) electrons. The third-order valence-electron chi connectivity index (χ3n) is 27.9. The van der Waals surface area contributed by atoms with Crippen LogP contribution in [0.15, 0.2) is 438 Å². The molecular formula is C131H100N6. The van der Waals surface area contributed by atoms with Crippen molar-refractivity contribution < 1.29 is 0 Å². The topological polar surface area (TPSA) is 69.4 Å². The molecular weight excluding hydrogens is 1660 g/mol. The smallest absolute Gasteiger partial charge is 0.0701 e. The van der Waals surface area contributed by atoms with Gasteiger partial charge in [-0.2, -0.15) is 0 Å². The Morgan fingerprint density at radius 2 is 0.730 bits per heavy atom. The van der Waals surface area contributed by atoms with Gasteiger partial charge in [-0.25, -0.2) is 0 Å². The Bertz CT molecular complexity index is 8470. The van der Waals surface area contributed by atoms with Crippen LogP contribution in [0, 0.1) is 0 Å². The maximum absolute atomic E-state index is 4.59. The van der Waals surface area contributed by atoms with Crippen molar-refractivity contribution in [2.75, 3.05) is 0 Å². The van der Waals surface area contributed by atoms with Crippen molar-refractivity contribution in [3.8, 4) is 128 Å². The lowest BCUT2D eigenvalue weighted by molar-refractivity contribution is 0.589. The quantitative estimate of drug-likeness (QED) is 0.0900. The Labute approximate surface area is 800 Å². The molecule has 23 aromatic rings. The first-order valence-electron chi connectivity index (χ1n) is 47.7. The zero-order valence-electron chi connectivity index (χ0n) is 77.7. The lowest BCUT2D eigenvalue weighted by atomic mass is 9.77. The van der Waals surface area contributed by atoms with Crippen molar-refractivity contribution in [1.82, 2.24) is 29.5 Å². The Kier molecular flexibility index (Phi) is 22.0. The summed E-state index contributed by atoms with van der Waals surface area (Å²) in [6.45, 7) is 13.9. The minimum Gasteiger partial charge on any atom is -0.309 e. The molecule has 0 N–H and O–H groups in total.